The van der Waals surface area contributed by atoms with E-state index in [9.17, 15) is 24.0 Å². The Morgan fingerprint density at radius 3 is 2.39 bits per heavy atom. The number of hydrogen-bond acceptors (Lipinski definition) is 11. The number of likely N-dealkylation sites (tertiary alicyclic amines) is 2. The fourth-order valence-corrected chi connectivity index (χ4v) is 9.98. The summed E-state index contributed by atoms with van der Waals surface area (Å²) in [7, 11) is 0. The minimum Gasteiger partial charge on any atom is -0.408 e. The number of aliphatic imine (C=N–C) groups is 1. The average Bonchev–Trinajstić information content (AvgIpc) is 3.60. The van der Waals surface area contributed by atoms with E-state index in [0.717, 1.165) is 89.7 Å². The van der Waals surface area contributed by atoms with Gasteiger partial charge < -0.3 is 20.0 Å². The lowest BCUT2D eigenvalue weighted by atomic mass is 9.88. The fourth-order valence-electron chi connectivity index (χ4n) is 9.98. The van der Waals surface area contributed by atoms with Gasteiger partial charge in [0.2, 0.25) is 17.7 Å². The van der Waals surface area contributed by atoms with Crippen LogP contribution in [0.15, 0.2) is 91.7 Å². The highest BCUT2D eigenvalue weighted by Gasteiger charge is 2.33. The number of rotatable bonds is 11. The van der Waals surface area contributed by atoms with E-state index < -0.39 is 29.8 Å². The molecule has 4 aromatic rings. The Hall–Kier alpha value is -5.71. The van der Waals surface area contributed by atoms with Crippen molar-refractivity contribution in [3.63, 3.8) is 0 Å². The lowest BCUT2D eigenvalue weighted by molar-refractivity contribution is -0.135. The lowest BCUT2D eigenvalue weighted by Crippen LogP contribution is -2.51. The zero-order chi connectivity index (χ0) is 42.7. The Bertz CT molecular complexity index is 2490. The zero-order valence-corrected chi connectivity index (χ0v) is 34.8. The molecule has 0 spiro atoms. The minimum absolute atomic E-state index is 0.0794. The molecule has 3 amide bonds. The van der Waals surface area contributed by atoms with Crippen molar-refractivity contribution >= 4 is 40.7 Å². The van der Waals surface area contributed by atoms with Gasteiger partial charge in [-0.1, -0.05) is 24.3 Å². The molecular weight excluding hydrogens is 794 g/mol. The second-order valence-electron chi connectivity index (χ2n) is 17.5. The van der Waals surface area contributed by atoms with Crippen molar-refractivity contribution in [2.75, 3.05) is 39.3 Å². The third-order valence-electron chi connectivity index (χ3n) is 13.4. The summed E-state index contributed by atoms with van der Waals surface area (Å²) in [5.41, 5.74) is 3.61. The minimum atomic E-state index is -0.751. The summed E-state index contributed by atoms with van der Waals surface area (Å²) in [6.45, 7) is 5.30. The van der Waals surface area contributed by atoms with E-state index in [0.29, 0.717) is 46.4 Å². The van der Waals surface area contributed by atoms with E-state index in [1.54, 1.807) is 36.5 Å². The van der Waals surface area contributed by atoms with E-state index in [1.807, 2.05) is 24.3 Å². The van der Waals surface area contributed by atoms with Gasteiger partial charge in [-0.2, -0.15) is 0 Å². The molecule has 0 radical (unpaired) electrons. The van der Waals surface area contributed by atoms with Crippen LogP contribution in [0.3, 0.4) is 0 Å². The summed E-state index contributed by atoms with van der Waals surface area (Å²) < 4.78 is 23.5. The number of hydrogen-bond donors (Lipinski definition) is 4. The van der Waals surface area contributed by atoms with Gasteiger partial charge in [-0.25, -0.2) is 9.18 Å². The number of nitrogens with one attached hydrogen (secondary N) is 4. The van der Waals surface area contributed by atoms with Crippen LogP contribution in [0.4, 0.5) is 4.39 Å². The number of amides is 3. The third-order valence-corrected chi connectivity index (χ3v) is 13.4. The van der Waals surface area contributed by atoms with Crippen LogP contribution in [0.2, 0.25) is 0 Å². The summed E-state index contributed by atoms with van der Waals surface area (Å²) in [5.74, 6) is -0.807. The number of benzene rings is 2. The smallest absolute Gasteiger partial charge is 0.408 e. The number of oxazole rings is 1. The Balaban J connectivity index is 0.672. The molecule has 4 aliphatic heterocycles. The summed E-state index contributed by atoms with van der Waals surface area (Å²) in [6.07, 6.45) is 10.5. The first-order valence-corrected chi connectivity index (χ1v) is 22.1. The maximum Gasteiger partial charge on any atom is 0.420 e. The van der Waals surface area contributed by atoms with Gasteiger partial charge in [-0.05, 0) is 132 Å². The SMILES string of the molecule is O=C1CCC(n2c(=O)oc3cc(C4CCN(CC5CCN(CC(=O)NC6CCC(NC7N=CC(F)=C(c8cccc(-n9ccccc9=O)c8)N7)CC6)CC5)CC4)ccc32)C(=O)N1. The largest absolute Gasteiger partial charge is 0.420 e. The van der Waals surface area contributed by atoms with Crippen molar-refractivity contribution < 1.29 is 23.2 Å². The third kappa shape index (κ3) is 9.37. The van der Waals surface area contributed by atoms with Gasteiger partial charge >= 0.3 is 5.76 Å². The number of aromatic nitrogens is 2. The standard InChI is InChI=1S/C46H54FN9O6/c47-36-26-48-45(52-43(36)32-4-3-5-35(24-32)55-19-2-1-6-42(55)59)50-34-10-8-33(9-11-34)49-41(58)28-54-20-15-29(16-21-54)27-53-22-17-30(18-23-53)31-7-12-37-39(25-31)62-46(61)56(37)38-13-14-40(57)51-44(38)60/h1-7,12,19,24-26,29-30,33-34,38,45,50,52H,8-11,13-18,20-23,27-28H2,(H,49,58)(H,51,57,60). The Morgan fingerprint density at radius 1 is 0.839 bits per heavy atom. The number of fused-ring (bicyclic) bond motifs is 1. The van der Waals surface area contributed by atoms with Gasteiger partial charge in [-0.3, -0.25) is 48.8 Å². The van der Waals surface area contributed by atoms with Crippen LogP contribution in [0, 0.1) is 5.92 Å². The molecule has 62 heavy (non-hydrogen) atoms. The molecule has 16 heteroatoms. The predicted molar refractivity (Wildman–Crippen MR) is 232 cm³/mol. The van der Waals surface area contributed by atoms with Gasteiger partial charge in [0, 0.05) is 48.6 Å². The number of allylic oxidation sites excluding steroid dienone is 1. The molecule has 3 saturated heterocycles. The topological polar surface area (TPSA) is 175 Å². The van der Waals surface area contributed by atoms with Crippen LogP contribution < -0.4 is 32.6 Å². The van der Waals surface area contributed by atoms with Gasteiger partial charge in [0.25, 0.3) is 5.56 Å². The molecule has 2 aromatic heterocycles. The molecule has 2 unspecified atom stereocenters. The number of pyridine rings is 1. The molecule has 15 nitrogen and oxygen atoms in total. The summed E-state index contributed by atoms with van der Waals surface area (Å²) in [5, 5.41) is 12.3. The van der Waals surface area contributed by atoms with Crippen LogP contribution in [0.5, 0.6) is 0 Å². The molecule has 326 valence electrons. The number of halogens is 1. The first-order chi connectivity index (χ1) is 30.1. The van der Waals surface area contributed by atoms with Crippen LogP contribution in [0.25, 0.3) is 22.5 Å². The van der Waals surface area contributed by atoms with Crippen LogP contribution in [-0.4, -0.2) is 101 Å². The molecule has 2 atom stereocenters. The van der Waals surface area contributed by atoms with Crippen molar-refractivity contribution in [2.24, 2.45) is 10.9 Å². The molecule has 6 heterocycles. The molecule has 0 bridgehead atoms. The molecule has 2 aromatic carbocycles. The van der Waals surface area contributed by atoms with Gasteiger partial charge in [0.1, 0.15) is 6.04 Å². The second kappa shape index (κ2) is 18.3. The number of carbonyl (C=O) groups excluding carboxylic acids is 3. The normalized spacial score (nSPS) is 24.6. The molecular formula is C46H54FN9O6. The van der Waals surface area contributed by atoms with E-state index >= 15 is 4.39 Å². The van der Waals surface area contributed by atoms with E-state index in [-0.39, 0.29) is 42.3 Å². The van der Waals surface area contributed by atoms with Gasteiger partial charge in [0.05, 0.1) is 24.0 Å². The maximum absolute atomic E-state index is 15.0. The van der Waals surface area contributed by atoms with E-state index in [2.05, 4.69) is 36.1 Å². The van der Waals surface area contributed by atoms with Crippen LogP contribution >= 0.6 is 0 Å². The molecule has 1 saturated carbocycles. The average molecular weight is 848 g/mol. The maximum atomic E-state index is 15.0. The number of nitrogens with zero attached hydrogens (tertiary/aromatic N) is 5. The molecule has 1 aliphatic carbocycles. The number of imide groups is 1. The van der Waals surface area contributed by atoms with Gasteiger partial charge in [-0.15, -0.1) is 0 Å². The van der Waals surface area contributed by atoms with Crippen LogP contribution in [0.1, 0.15) is 87.3 Å². The van der Waals surface area contributed by atoms with Crippen molar-refractivity contribution in [3.8, 4) is 5.69 Å². The Morgan fingerprint density at radius 2 is 1.61 bits per heavy atom. The predicted octanol–water partition coefficient (Wildman–Crippen LogP) is 3.93. The summed E-state index contributed by atoms with van der Waals surface area (Å²) in [4.78, 5) is 71.5. The van der Waals surface area contributed by atoms with E-state index in [4.69, 9.17) is 4.42 Å². The molecule has 4 fully saturated rings. The highest BCUT2D eigenvalue weighted by atomic mass is 19.1. The fraction of sp³-hybridized carbons (Fsp3) is 0.478. The number of carbonyl (C=O) groups is 3. The van der Waals surface area contributed by atoms with Crippen molar-refractivity contribution in [2.45, 2.75) is 94.5 Å². The van der Waals surface area contributed by atoms with Crippen molar-refractivity contribution in [3.05, 3.63) is 105 Å². The lowest BCUT2D eigenvalue weighted by Gasteiger charge is -2.38. The zero-order valence-electron chi connectivity index (χ0n) is 34.8. The highest BCUT2D eigenvalue weighted by Crippen LogP contribution is 2.33. The first kappa shape index (κ1) is 41.6. The Kier molecular flexibility index (Phi) is 12.3. The highest BCUT2D eigenvalue weighted by molar-refractivity contribution is 6.00. The first-order valence-electron chi connectivity index (χ1n) is 22.1. The summed E-state index contributed by atoms with van der Waals surface area (Å²) >= 11 is 0. The second-order valence-corrected chi connectivity index (χ2v) is 17.5. The molecule has 4 N–H and O–H groups in total. The summed E-state index contributed by atoms with van der Waals surface area (Å²) in [6, 6.07) is 17.5. The Labute approximate surface area is 358 Å². The van der Waals surface area contributed by atoms with Crippen molar-refractivity contribution in [1.82, 2.24) is 40.2 Å². The van der Waals surface area contributed by atoms with Gasteiger partial charge in [0.15, 0.2) is 17.7 Å². The molecule has 5 aliphatic rings. The van der Waals surface area contributed by atoms with Crippen molar-refractivity contribution in [1.29, 1.82) is 0 Å². The number of piperidine rings is 3. The van der Waals surface area contributed by atoms with E-state index in [1.165, 1.54) is 21.4 Å². The van der Waals surface area contributed by atoms with Crippen LogP contribution in [-0.2, 0) is 14.4 Å². The monoisotopic (exact) mass is 847 g/mol. The quantitative estimate of drug-likeness (QED) is 0.162. The molecule has 9 rings (SSSR count).